The summed E-state index contributed by atoms with van der Waals surface area (Å²) in [4.78, 5) is 12.1. The van der Waals surface area contributed by atoms with E-state index in [9.17, 15) is 4.79 Å². The quantitative estimate of drug-likeness (QED) is 0.616. The molecule has 0 saturated heterocycles. The average Bonchev–Trinajstić information content (AvgIpc) is 2.50. The van der Waals surface area contributed by atoms with E-state index in [0.717, 1.165) is 18.6 Å². The van der Waals surface area contributed by atoms with Crippen LogP contribution in [0.5, 0.6) is 0 Å². The van der Waals surface area contributed by atoms with E-state index >= 15 is 0 Å². The molecule has 1 unspecified atom stereocenters. The van der Waals surface area contributed by atoms with Crippen LogP contribution in [0, 0.1) is 0 Å². The third-order valence-electron chi connectivity index (χ3n) is 3.68. The van der Waals surface area contributed by atoms with Crippen molar-refractivity contribution in [2.75, 3.05) is 19.8 Å². The van der Waals surface area contributed by atoms with E-state index in [1.807, 2.05) is 37.3 Å². The fourth-order valence-electron chi connectivity index (χ4n) is 2.49. The second-order valence-corrected chi connectivity index (χ2v) is 5.24. The van der Waals surface area contributed by atoms with Gasteiger partial charge in [-0.3, -0.25) is 10.1 Å². The Morgan fingerprint density at radius 3 is 2.48 bits per heavy atom. The molecule has 1 rings (SSSR count). The van der Waals surface area contributed by atoms with E-state index in [4.69, 9.17) is 10.5 Å². The molecular formula is C17H28N2O2. The van der Waals surface area contributed by atoms with Crippen LogP contribution in [0.4, 0.5) is 0 Å². The molecule has 0 bridgehead atoms. The van der Waals surface area contributed by atoms with Crippen molar-refractivity contribution in [1.29, 1.82) is 0 Å². The summed E-state index contributed by atoms with van der Waals surface area (Å²) in [6, 6.07) is 9.65. The topological polar surface area (TPSA) is 64.3 Å². The number of ether oxygens (including phenoxy) is 1. The fourth-order valence-corrected chi connectivity index (χ4v) is 2.49. The van der Waals surface area contributed by atoms with Gasteiger partial charge in [0.1, 0.15) is 5.54 Å². The summed E-state index contributed by atoms with van der Waals surface area (Å²) < 4.78 is 5.66. The molecule has 1 aromatic carbocycles. The van der Waals surface area contributed by atoms with Crippen molar-refractivity contribution in [3.05, 3.63) is 35.9 Å². The molecule has 0 aliphatic heterocycles. The number of carbonyl (C=O) groups excluding carboxylic acids is 1. The van der Waals surface area contributed by atoms with Gasteiger partial charge in [0, 0.05) is 19.6 Å². The number of nitrogens with two attached hydrogens (primary N) is 1. The van der Waals surface area contributed by atoms with Gasteiger partial charge >= 0.3 is 0 Å². The lowest BCUT2D eigenvalue weighted by atomic mass is 9.86. The monoisotopic (exact) mass is 292 g/mol. The summed E-state index contributed by atoms with van der Waals surface area (Å²) in [6.07, 6.45) is 3.96. The SMILES string of the molecule is CCCCCOCCC(NCC)(C(N)=O)c1ccccc1. The van der Waals surface area contributed by atoms with Crippen molar-refractivity contribution in [2.45, 2.75) is 45.1 Å². The lowest BCUT2D eigenvalue weighted by Crippen LogP contribution is -2.53. The van der Waals surface area contributed by atoms with Gasteiger partial charge < -0.3 is 10.5 Å². The first-order valence-corrected chi connectivity index (χ1v) is 7.85. The Kier molecular flexibility index (Phi) is 8.01. The molecule has 4 nitrogen and oxygen atoms in total. The summed E-state index contributed by atoms with van der Waals surface area (Å²) >= 11 is 0. The molecule has 0 fully saturated rings. The van der Waals surface area contributed by atoms with Crippen molar-refractivity contribution in [3.63, 3.8) is 0 Å². The fraction of sp³-hybridized carbons (Fsp3) is 0.588. The molecular weight excluding hydrogens is 264 g/mol. The van der Waals surface area contributed by atoms with Gasteiger partial charge in [0.15, 0.2) is 0 Å². The van der Waals surface area contributed by atoms with Crippen molar-refractivity contribution in [2.24, 2.45) is 5.73 Å². The maximum absolute atomic E-state index is 12.1. The Balaban J connectivity index is 2.71. The number of unbranched alkanes of at least 4 members (excludes halogenated alkanes) is 2. The summed E-state index contributed by atoms with van der Waals surface area (Å²) in [7, 11) is 0. The molecule has 1 aromatic rings. The van der Waals surface area contributed by atoms with Crippen LogP contribution < -0.4 is 11.1 Å². The van der Waals surface area contributed by atoms with Crippen LogP contribution in [-0.2, 0) is 15.1 Å². The number of hydrogen-bond donors (Lipinski definition) is 2. The first kappa shape index (κ1) is 17.7. The Labute approximate surface area is 128 Å². The molecule has 21 heavy (non-hydrogen) atoms. The lowest BCUT2D eigenvalue weighted by Gasteiger charge is -2.32. The third kappa shape index (κ3) is 5.14. The summed E-state index contributed by atoms with van der Waals surface area (Å²) in [5, 5.41) is 3.26. The van der Waals surface area contributed by atoms with Crippen LogP contribution in [0.2, 0.25) is 0 Å². The normalized spacial score (nSPS) is 13.8. The highest BCUT2D eigenvalue weighted by Gasteiger charge is 2.37. The van der Waals surface area contributed by atoms with E-state index in [1.165, 1.54) is 12.8 Å². The first-order chi connectivity index (χ1) is 10.2. The Bertz CT molecular complexity index is 409. The predicted octanol–water partition coefficient (Wildman–Crippen LogP) is 2.57. The van der Waals surface area contributed by atoms with Crippen LogP contribution >= 0.6 is 0 Å². The number of likely N-dealkylation sites (N-methyl/N-ethyl adjacent to an activating group) is 1. The second kappa shape index (κ2) is 9.53. The van der Waals surface area contributed by atoms with E-state index in [1.54, 1.807) is 0 Å². The highest BCUT2D eigenvalue weighted by molar-refractivity contribution is 5.86. The Morgan fingerprint density at radius 1 is 1.19 bits per heavy atom. The second-order valence-electron chi connectivity index (χ2n) is 5.24. The standard InChI is InChI=1S/C17H28N2O2/c1-3-5-9-13-21-14-12-17(16(18)20,19-4-2)15-10-7-6-8-11-15/h6-8,10-11,19H,3-5,9,12-14H2,1-2H3,(H2,18,20). The number of hydrogen-bond acceptors (Lipinski definition) is 3. The largest absolute Gasteiger partial charge is 0.381 e. The minimum absolute atomic E-state index is 0.354. The summed E-state index contributed by atoms with van der Waals surface area (Å²) in [6.45, 7) is 6.08. The maximum Gasteiger partial charge on any atom is 0.242 e. The number of amides is 1. The Hall–Kier alpha value is -1.39. The van der Waals surface area contributed by atoms with E-state index in [-0.39, 0.29) is 5.91 Å². The summed E-state index contributed by atoms with van der Waals surface area (Å²) in [5.74, 6) is -0.354. The van der Waals surface area contributed by atoms with Crippen molar-refractivity contribution >= 4 is 5.91 Å². The van der Waals surface area contributed by atoms with Crippen molar-refractivity contribution in [3.8, 4) is 0 Å². The number of rotatable bonds is 11. The Morgan fingerprint density at radius 2 is 1.90 bits per heavy atom. The van der Waals surface area contributed by atoms with Crippen LogP contribution in [0.25, 0.3) is 0 Å². The molecule has 0 saturated carbocycles. The molecule has 0 aliphatic carbocycles. The zero-order valence-electron chi connectivity index (χ0n) is 13.2. The molecule has 3 N–H and O–H groups in total. The van der Waals surface area contributed by atoms with Gasteiger partial charge in [0.05, 0.1) is 0 Å². The minimum Gasteiger partial charge on any atom is -0.381 e. The van der Waals surface area contributed by atoms with Crippen LogP contribution in [0.1, 0.15) is 45.1 Å². The van der Waals surface area contributed by atoms with Crippen LogP contribution in [0.15, 0.2) is 30.3 Å². The average molecular weight is 292 g/mol. The number of carbonyl (C=O) groups is 1. The molecule has 118 valence electrons. The number of nitrogens with one attached hydrogen (secondary N) is 1. The van der Waals surface area contributed by atoms with Crippen molar-refractivity contribution < 1.29 is 9.53 Å². The van der Waals surface area contributed by atoms with Crippen molar-refractivity contribution in [1.82, 2.24) is 5.32 Å². The molecule has 0 spiro atoms. The molecule has 1 atom stereocenters. The molecule has 0 aliphatic rings. The van der Waals surface area contributed by atoms with E-state index in [0.29, 0.717) is 19.6 Å². The van der Waals surface area contributed by atoms with Gasteiger partial charge in [0.2, 0.25) is 5.91 Å². The smallest absolute Gasteiger partial charge is 0.242 e. The van der Waals surface area contributed by atoms with Gasteiger partial charge in [-0.25, -0.2) is 0 Å². The minimum atomic E-state index is -0.846. The van der Waals surface area contributed by atoms with Crippen LogP contribution in [-0.4, -0.2) is 25.7 Å². The zero-order chi connectivity index (χ0) is 15.6. The van der Waals surface area contributed by atoms with Crippen LogP contribution in [0.3, 0.4) is 0 Å². The highest BCUT2D eigenvalue weighted by Crippen LogP contribution is 2.25. The first-order valence-electron chi connectivity index (χ1n) is 7.85. The maximum atomic E-state index is 12.1. The summed E-state index contributed by atoms with van der Waals surface area (Å²) in [5.41, 5.74) is 5.75. The van der Waals surface area contributed by atoms with Gasteiger partial charge in [-0.2, -0.15) is 0 Å². The molecule has 4 heteroatoms. The zero-order valence-corrected chi connectivity index (χ0v) is 13.2. The van der Waals surface area contributed by atoms with Gasteiger partial charge in [-0.15, -0.1) is 0 Å². The number of primary amides is 1. The number of benzene rings is 1. The molecule has 0 heterocycles. The molecule has 1 amide bonds. The lowest BCUT2D eigenvalue weighted by molar-refractivity contribution is -0.125. The molecule has 0 aromatic heterocycles. The predicted molar refractivity (Wildman–Crippen MR) is 86.0 cm³/mol. The van der Waals surface area contributed by atoms with E-state index < -0.39 is 5.54 Å². The van der Waals surface area contributed by atoms with Gasteiger partial charge in [-0.1, -0.05) is 57.0 Å². The highest BCUT2D eigenvalue weighted by atomic mass is 16.5. The van der Waals surface area contributed by atoms with Gasteiger partial charge in [0.25, 0.3) is 0 Å². The molecule has 0 radical (unpaired) electrons. The van der Waals surface area contributed by atoms with E-state index in [2.05, 4.69) is 12.2 Å². The van der Waals surface area contributed by atoms with Gasteiger partial charge in [-0.05, 0) is 18.5 Å². The third-order valence-corrected chi connectivity index (χ3v) is 3.68.